The molecule has 218 valence electrons. The second kappa shape index (κ2) is 10.9. The molecule has 3 N–H and O–H groups in total. The van der Waals surface area contributed by atoms with E-state index in [1.54, 1.807) is 6.33 Å². The highest BCUT2D eigenvalue weighted by Gasteiger charge is 2.30. The summed E-state index contributed by atoms with van der Waals surface area (Å²) in [5.74, 6) is 1.29. The zero-order valence-electron chi connectivity index (χ0n) is 24.5. The van der Waals surface area contributed by atoms with Crippen LogP contribution in [0.2, 0.25) is 5.02 Å². The lowest BCUT2D eigenvalue weighted by atomic mass is 9.89. The Balaban J connectivity index is 1.13. The van der Waals surface area contributed by atoms with Gasteiger partial charge in [0, 0.05) is 67.8 Å². The molecule has 2 aromatic carbocycles. The maximum Gasteiger partial charge on any atom is 0.208 e. The van der Waals surface area contributed by atoms with Crippen molar-refractivity contribution in [2.75, 3.05) is 44.3 Å². The fourth-order valence-corrected chi connectivity index (χ4v) is 7.27. The van der Waals surface area contributed by atoms with Crippen LogP contribution in [0.4, 0.5) is 17.5 Å². The first-order valence-corrected chi connectivity index (χ1v) is 15.3. The minimum absolute atomic E-state index is 0.412. The van der Waals surface area contributed by atoms with Crippen molar-refractivity contribution in [1.82, 2.24) is 33.9 Å². The Morgan fingerprint density at radius 3 is 2.38 bits per heavy atom. The molecule has 1 aliphatic heterocycles. The van der Waals surface area contributed by atoms with Crippen LogP contribution in [0.15, 0.2) is 48.9 Å². The van der Waals surface area contributed by atoms with E-state index in [1.165, 1.54) is 39.0 Å². The number of fused-ring (bicyclic) bond motifs is 2. The molecule has 2 fully saturated rings. The van der Waals surface area contributed by atoms with E-state index >= 15 is 0 Å². The third-order valence-electron chi connectivity index (χ3n) is 9.33. The molecule has 3 aromatic heterocycles. The minimum atomic E-state index is 0.412. The molecule has 42 heavy (non-hydrogen) atoms. The molecule has 2 aliphatic rings. The molecule has 1 aliphatic carbocycles. The number of piperazine rings is 1. The summed E-state index contributed by atoms with van der Waals surface area (Å²) < 4.78 is 4.43. The number of hydrogen-bond donors (Lipinski definition) is 2. The smallest absolute Gasteiger partial charge is 0.208 e. The van der Waals surface area contributed by atoms with E-state index in [1.807, 2.05) is 19.2 Å². The van der Waals surface area contributed by atoms with Gasteiger partial charge in [0.2, 0.25) is 5.95 Å². The molecule has 0 bridgehead atoms. The summed E-state index contributed by atoms with van der Waals surface area (Å²) in [6.45, 7) is 6.76. The monoisotopic (exact) mass is 583 g/mol. The third kappa shape index (κ3) is 4.89. The molecule has 4 heterocycles. The van der Waals surface area contributed by atoms with Crippen molar-refractivity contribution in [3.63, 3.8) is 0 Å². The minimum Gasteiger partial charge on any atom is -0.383 e. The SMILES string of the molecule is Cc1cc(Cl)cc2nc(Nc3ccc(-c4cn([C@H]5CC[C@@H](N6CCN(C)CC6)CC5)c5ncnc(N)c45)cc3)n(C)c12. The van der Waals surface area contributed by atoms with Crippen LogP contribution in [-0.4, -0.2) is 73.2 Å². The van der Waals surface area contributed by atoms with Crippen molar-refractivity contribution in [1.29, 1.82) is 0 Å². The highest BCUT2D eigenvalue weighted by molar-refractivity contribution is 6.31. The van der Waals surface area contributed by atoms with Crippen LogP contribution in [0.3, 0.4) is 0 Å². The van der Waals surface area contributed by atoms with E-state index in [9.17, 15) is 0 Å². The van der Waals surface area contributed by atoms with Gasteiger partial charge in [-0.15, -0.1) is 0 Å². The number of nitrogens with one attached hydrogen (secondary N) is 1. The second-order valence-corrected chi connectivity index (χ2v) is 12.4. The van der Waals surface area contributed by atoms with E-state index < -0.39 is 0 Å². The van der Waals surface area contributed by atoms with Crippen LogP contribution < -0.4 is 11.1 Å². The molecule has 0 atom stereocenters. The van der Waals surface area contributed by atoms with Gasteiger partial charge in [0.25, 0.3) is 0 Å². The molecule has 1 saturated heterocycles. The topological polar surface area (TPSA) is 93.1 Å². The van der Waals surface area contributed by atoms with Gasteiger partial charge in [-0.2, -0.15) is 0 Å². The molecular formula is C32H38ClN9. The average molecular weight is 584 g/mol. The number of nitrogen functional groups attached to an aromatic ring is 1. The zero-order chi connectivity index (χ0) is 29.0. The summed E-state index contributed by atoms with van der Waals surface area (Å²) in [7, 11) is 4.24. The van der Waals surface area contributed by atoms with Crippen molar-refractivity contribution >= 4 is 51.1 Å². The number of aryl methyl sites for hydroxylation is 2. The van der Waals surface area contributed by atoms with E-state index in [2.05, 4.69) is 73.7 Å². The van der Waals surface area contributed by atoms with Crippen LogP contribution in [0.1, 0.15) is 37.3 Å². The summed E-state index contributed by atoms with van der Waals surface area (Å²) in [5, 5.41) is 5.10. The van der Waals surface area contributed by atoms with Crippen LogP contribution in [0, 0.1) is 6.92 Å². The van der Waals surface area contributed by atoms with Gasteiger partial charge in [0.05, 0.1) is 16.4 Å². The Labute approximate surface area is 251 Å². The van der Waals surface area contributed by atoms with Gasteiger partial charge >= 0.3 is 0 Å². The quantitative estimate of drug-likeness (QED) is 0.262. The van der Waals surface area contributed by atoms with Gasteiger partial charge in [0.1, 0.15) is 17.8 Å². The number of nitrogens with two attached hydrogens (primary N) is 1. The van der Waals surface area contributed by atoms with Gasteiger partial charge in [0.15, 0.2) is 0 Å². The number of rotatable bonds is 5. The summed E-state index contributed by atoms with van der Waals surface area (Å²) in [4.78, 5) is 19.0. The van der Waals surface area contributed by atoms with Gasteiger partial charge < -0.3 is 25.1 Å². The molecule has 5 aromatic rings. The van der Waals surface area contributed by atoms with E-state index in [0.717, 1.165) is 63.2 Å². The number of likely N-dealkylation sites (N-methyl/N-ethyl adjacent to an activating group) is 1. The number of imidazole rings is 1. The number of benzene rings is 2. The fraction of sp³-hybridized carbons (Fsp3) is 0.406. The third-order valence-corrected chi connectivity index (χ3v) is 9.55. The largest absolute Gasteiger partial charge is 0.383 e. The number of anilines is 3. The average Bonchev–Trinajstić information content (AvgIpc) is 3.52. The predicted molar refractivity (Wildman–Crippen MR) is 171 cm³/mol. The van der Waals surface area contributed by atoms with Crippen LogP contribution >= 0.6 is 11.6 Å². The summed E-state index contributed by atoms with van der Waals surface area (Å²) in [5.41, 5.74) is 13.6. The van der Waals surface area contributed by atoms with E-state index in [4.69, 9.17) is 27.3 Å². The lowest BCUT2D eigenvalue weighted by Gasteiger charge is -2.41. The predicted octanol–water partition coefficient (Wildman–Crippen LogP) is 6.00. The molecule has 10 heteroatoms. The standard InChI is InChI=1S/C32H38ClN9/c1-20-16-22(33)17-27-29(20)40(3)32(38-27)37-23-6-4-21(5-7-23)26-18-42(31-28(26)30(34)35-19-36-31)25-10-8-24(9-11-25)41-14-12-39(2)13-15-41/h4-7,16-19,24-25H,8-15H2,1-3H3,(H,37,38)(H2,34,35,36)/t24-,25+. The Kier molecular flexibility index (Phi) is 7.04. The highest BCUT2D eigenvalue weighted by atomic mass is 35.5. The van der Waals surface area contributed by atoms with Gasteiger partial charge in [-0.05, 0) is 75.0 Å². The molecule has 7 rings (SSSR count). The van der Waals surface area contributed by atoms with Crippen molar-refractivity contribution in [2.24, 2.45) is 7.05 Å². The van der Waals surface area contributed by atoms with Crippen molar-refractivity contribution in [2.45, 2.75) is 44.7 Å². The van der Waals surface area contributed by atoms with Crippen molar-refractivity contribution in [3.8, 4) is 11.1 Å². The Bertz CT molecular complexity index is 1740. The first-order chi connectivity index (χ1) is 20.4. The van der Waals surface area contributed by atoms with E-state index in [0.29, 0.717) is 22.9 Å². The maximum atomic E-state index is 6.47. The Hall–Kier alpha value is -3.66. The molecule has 0 radical (unpaired) electrons. The summed E-state index contributed by atoms with van der Waals surface area (Å²) in [6, 6.07) is 13.4. The summed E-state index contributed by atoms with van der Waals surface area (Å²) >= 11 is 6.28. The number of aromatic nitrogens is 5. The fourth-order valence-electron chi connectivity index (χ4n) is 7.00. The highest BCUT2D eigenvalue weighted by Crippen LogP contribution is 2.39. The first kappa shape index (κ1) is 27.2. The number of halogens is 1. The molecule has 0 spiro atoms. The van der Waals surface area contributed by atoms with Gasteiger partial charge in [-0.1, -0.05) is 23.7 Å². The number of hydrogen-bond acceptors (Lipinski definition) is 7. The van der Waals surface area contributed by atoms with Crippen LogP contribution in [0.5, 0.6) is 0 Å². The maximum absolute atomic E-state index is 6.47. The second-order valence-electron chi connectivity index (χ2n) is 12.0. The Morgan fingerprint density at radius 2 is 1.64 bits per heavy atom. The molecule has 1 saturated carbocycles. The molecular weight excluding hydrogens is 546 g/mol. The van der Waals surface area contributed by atoms with Gasteiger partial charge in [-0.3, -0.25) is 4.90 Å². The van der Waals surface area contributed by atoms with Crippen LogP contribution in [0.25, 0.3) is 33.2 Å². The van der Waals surface area contributed by atoms with Crippen LogP contribution in [-0.2, 0) is 7.05 Å². The van der Waals surface area contributed by atoms with Crippen molar-refractivity contribution in [3.05, 3.63) is 59.5 Å². The molecule has 0 amide bonds. The summed E-state index contributed by atoms with van der Waals surface area (Å²) in [6.07, 6.45) is 8.57. The normalized spacial score (nSPS) is 20.5. The number of nitrogens with zero attached hydrogens (tertiary/aromatic N) is 7. The lowest BCUT2D eigenvalue weighted by molar-refractivity contribution is 0.0828. The molecule has 9 nitrogen and oxygen atoms in total. The lowest BCUT2D eigenvalue weighted by Crippen LogP contribution is -2.49. The Morgan fingerprint density at radius 1 is 0.929 bits per heavy atom. The van der Waals surface area contributed by atoms with E-state index in [-0.39, 0.29) is 0 Å². The van der Waals surface area contributed by atoms with Gasteiger partial charge in [-0.25, -0.2) is 15.0 Å². The zero-order valence-corrected chi connectivity index (χ0v) is 25.3. The first-order valence-electron chi connectivity index (χ1n) is 14.9. The molecule has 0 unspecified atom stereocenters. The van der Waals surface area contributed by atoms with Crippen molar-refractivity contribution < 1.29 is 0 Å².